The molecule has 0 spiro atoms. The summed E-state index contributed by atoms with van der Waals surface area (Å²) in [6.07, 6.45) is 3.27. The molecule has 0 heterocycles. The third-order valence-corrected chi connectivity index (χ3v) is 1.82. The highest BCUT2D eigenvalue weighted by molar-refractivity contribution is 5.81. The van der Waals surface area contributed by atoms with Crippen LogP contribution in [0.1, 0.15) is 13.3 Å². The highest BCUT2D eigenvalue weighted by Crippen LogP contribution is 1.89. The van der Waals surface area contributed by atoms with Gasteiger partial charge in [0.1, 0.15) is 0 Å². The van der Waals surface area contributed by atoms with Crippen molar-refractivity contribution in [1.29, 1.82) is 0 Å². The molecule has 16 heavy (non-hydrogen) atoms. The average Bonchev–Trinajstić information content (AvgIpc) is 2.24. The van der Waals surface area contributed by atoms with Gasteiger partial charge >= 0.3 is 5.97 Å². The van der Waals surface area contributed by atoms with Crippen LogP contribution < -0.4 is 5.32 Å². The van der Waals surface area contributed by atoms with Crippen LogP contribution in [0.4, 0.5) is 0 Å². The second kappa shape index (κ2) is 10.6. The van der Waals surface area contributed by atoms with Crippen LogP contribution in [0.25, 0.3) is 0 Å². The highest BCUT2D eigenvalue weighted by atomic mass is 16.5. The second-order valence-corrected chi connectivity index (χ2v) is 3.26. The lowest BCUT2D eigenvalue weighted by atomic mass is 10.2. The molecule has 0 aliphatic rings. The average molecular weight is 231 g/mol. The van der Waals surface area contributed by atoms with Gasteiger partial charge in [-0.1, -0.05) is 6.08 Å². The Hall–Kier alpha value is -0.910. The van der Waals surface area contributed by atoms with Gasteiger partial charge in [0.2, 0.25) is 0 Å². The summed E-state index contributed by atoms with van der Waals surface area (Å²) in [5.41, 5.74) is 0. The molecule has 1 unspecified atom stereocenters. The molecule has 2 N–H and O–H groups in total. The van der Waals surface area contributed by atoms with Crippen molar-refractivity contribution < 1.29 is 19.4 Å². The summed E-state index contributed by atoms with van der Waals surface area (Å²) in [7, 11) is 1.55. The lowest BCUT2D eigenvalue weighted by molar-refractivity contribution is -0.137. The van der Waals surface area contributed by atoms with Crippen molar-refractivity contribution in [3.8, 4) is 0 Å². The number of ether oxygens (including phenoxy) is 2. The van der Waals surface area contributed by atoms with Crippen molar-refractivity contribution in [2.24, 2.45) is 0 Å². The van der Waals surface area contributed by atoms with Gasteiger partial charge in [-0.3, -0.25) is 0 Å². The van der Waals surface area contributed by atoms with Crippen LogP contribution in [-0.2, 0) is 14.3 Å². The van der Waals surface area contributed by atoms with Crippen LogP contribution >= 0.6 is 0 Å². The fourth-order valence-corrected chi connectivity index (χ4v) is 1.08. The maximum absolute atomic E-state index is 10.9. The number of carbonyl (C=O) groups is 1. The monoisotopic (exact) mass is 231 g/mol. The maximum Gasteiger partial charge on any atom is 0.330 e. The smallest absolute Gasteiger partial charge is 0.330 e. The molecule has 0 rings (SSSR count). The number of hydrogen-bond acceptors (Lipinski definition) is 5. The molecule has 0 bridgehead atoms. The van der Waals surface area contributed by atoms with Crippen LogP contribution in [0.5, 0.6) is 0 Å². The number of rotatable bonds is 9. The standard InChI is InChI=1S/C11H21NO4/c1-3-16-11(14)5-4-7-12-8-6-10(13)9-15-2/h4-5,10,12-13H,3,6-9H2,1-2H3/b5-4+. The van der Waals surface area contributed by atoms with Gasteiger partial charge in [0.05, 0.1) is 19.3 Å². The van der Waals surface area contributed by atoms with Gasteiger partial charge in [0, 0.05) is 19.7 Å². The number of esters is 1. The molecule has 0 saturated heterocycles. The van der Waals surface area contributed by atoms with Gasteiger partial charge in [0.15, 0.2) is 0 Å². The van der Waals surface area contributed by atoms with Crippen LogP contribution in [-0.4, -0.2) is 50.6 Å². The molecular weight excluding hydrogens is 210 g/mol. The molecule has 5 heteroatoms. The topological polar surface area (TPSA) is 67.8 Å². The summed E-state index contributed by atoms with van der Waals surface area (Å²) in [5.74, 6) is -0.330. The van der Waals surface area contributed by atoms with Gasteiger partial charge in [-0.2, -0.15) is 0 Å². The van der Waals surface area contributed by atoms with Crippen molar-refractivity contribution in [2.75, 3.05) is 33.4 Å². The third-order valence-electron chi connectivity index (χ3n) is 1.82. The Labute approximate surface area is 96.4 Å². The molecule has 1 atom stereocenters. The van der Waals surface area contributed by atoms with E-state index >= 15 is 0 Å². The van der Waals surface area contributed by atoms with E-state index < -0.39 is 6.10 Å². The number of carbonyl (C=O) groups excluding carboxylic acids is 1. The largest absolute Gasteiger partial charge is 0.463 e. The van der Waals surface area contributed by atoms with Gasteiger partial charge in [-0.25, -0.2) is 4.79 Å². The first-order valence-corrected chi connectivity index (χ1v) is 5.41. The van der Waals surface area contributed by atoms with E-state index in [1.807, 2.05) is 0 Å². The van der Waals surface area contributed by atoms with Crippen LogP contribution in [0.15, 0.2) is 12.2 Å². The summed E-state index contributed by atoms with van der Waals surface area (Å²) < 4.78 is 9.50. The number of hydrogen-bond donors (Lipinski definition) is 2. The Kier molecular flexibility index (Phi) is 10.00. The Morgan fingerprint density at radius 2 is 2.31 bits per heavy atom. The van der Waals surface area contributed by atoms with Crippen LogP contribution in [0.3, 0.4) is 0 Å². The summed E-state index contributed by atoms with van der Waals surface area (Å²) in [6, 6.07) is 0. The zero-order valence-corrected chi connectivity index (χ0v) is 9.94. The van der Waals surface area contributed by atoms with E-state index in [0.717, 1.165) is 0 Å². The quantitative estimate of drug-likeness (QED) is 0.334. The molecule has 0 amide bonds. The predicted molar refractivity (Wildman–Crippen MR) is 61.1 cm³/mol. The third kappa shape index (κ3) is 9.64. The van der Waals surface area contributed by atoms with E-state index in [4.69, 9.17) is 9.47 Å². The van der Waals surface area contributed by atoms with E-state index in [9.17, 15) is 9.90 Å². The minimum Gasteiger partial charge on any atom is -0.463 e. The predicted octanol–water partition coefficient (Wildman–Crippen LogP) is 0.0927. The zero-order chi connectivity index (χ0) is 12.2. The van der Waals surface area contributed by atoms with Crippen molar-refractivity contribution in [1.82, 2.24) is 5.32 Å². The van der Waals surface area contributed by atoms with E-state index in [-0.39, 0.29) is 5.97 Å². The molecule has 0 aromatic rings. The summed E-state index contributed by atoms with van der Waals surface area (Å²) in [4.78, 5) is 10.9. The maximum atomic E-state index is 10.9. The molecule has 0 aliphatic heterocycles. The first kappa shape index (κ1) is 15.1. The molecule has 5 nitrogen and oxygen atoms in total. The van der Waals surface area contributed by atoms with E-state index in [2.05, 4.69) is 5.32 Å². The number of nitrogens with one attached hydrogen (secondary N) is 1. The Morgan fingerprint density at radius 3 is 2.94 bits per heavy atom. The summed E-state index contributed by atoms with van der Waals surface area (Å²) >= 11 is 0. The number of methoxy groups -OCH3 is 1. The second-order valence-electron chi connectivity index (χ2n) is 3.26. The fraction of sp³-hybridized carbons (Fsp3) is 0.727. The van der Waals surface area contributed by atoms with E-state index in [1.54, 1.807) is 20.1 Å². The van der Waals surface area contributed by atoms with Gasteiger partial charge in [-0.05, 0) is 19.9 Å². The first-order valence-electron chi connectivity index (χ1n) is 5.41. The fourth-order valence-electron chi connectivity index (χ4n) is 1.08. The van der Waals surface area contributed by atoms with Gasteiger partial charge in [-0.15, -0.1) is 0 Å². The zero-order valence-electron chi connectivity index (χ0n) is 9.94. The summed E-state index contributed by atoms with van der Waals surface area (Å²) in [6.45, 7) is 3.76. The molecule has 0 radical (unpaired) electrons. The summed E-state index contributed by atoms with van der Waals surface area (Å²) in [5, 5.41) is 12.4. The lowest BCUT2D eigenvalue weighted by Crippen LogP contribution is -2.23. The molecule has 0 aromatic heterocycles. The van der Waals surface area contributed by atoms with E-state index in [1.165, 1.54) is 6.08 Å². The lowest BCUT2D eigenvalue weighted by Gasteiger charge is -2.08. The van der Waals surface area contributed by atoms with Crippen molar-refractivity contribution >= 4 is 5.97 Å². The number of aliphatic hydroxyl groups is 1. The van der Waals surface area contributed by atoms with Crippen LogP contribution in [0, 0.1) is 0 Å². The highest BCUT2D eigenvalue weighted by Gasteiger charge is 2.01. The van der Waals surface area contributed by atoms with Crippen LogP contribution in [0.2, 0.25) is 0 Å². The van der Waals surface area contributed by atoms with Crippen molar-refractivity contribution in [2.45, 2.75) is 19.4 Å². The van der Waals surface area contributed by atoms with Gasteiger partial charge in [0.25, 0.3) is 0 Å². The minimum atomic E-state index is -0.438. The molecular formula is C11H21NO4. The SMILES string of the molecule is CCOC(=O)/C=C/CNCCC(O)COC. The molecule has 94 valence electrons. The normalized spacial score (nSPS) is 12.9. The number of aliphatic hydroxyl groups excluding tert-OH is 1. The van der Waals surface area contributed by atoms with Crippen molar-refractivity contribution in [3.63, 3.8) is 0 Å². The molecule has 0 fully saturated rings. The molecule has 0 aromatic carbocycles. The molecule has 0 saturated carbocycles. The Bertz CT molecular complexity index is 206. The van der Waals surface area contributed by atoms with E-state index in [0.29, 0.717) is 32.7 Å². The van der Waals surface area contributed by atoms with Gasteiger partial charge < -0.3 is 19.9 Å². The minimum absolute atomic E-state index is 0.330. The Balaban J connectivity index is 3.35. The van der Waals surface area contributed by atoms with Crippen molar-refractivity contribution in [3.05, 3.63) is 12.2 Å². The Morgan fingerprint density at radius 1 is 1.56 bits per heavy atom. The molecule has 0 aliphatic carbocycles. The first-order chi connectivity index (χ1) is 7.70.